The van der Waals surface area contributed by atoms with Crippen molar-refractivity contribution in [3.63, 3.8) is 0 Å². The maximum Gasteiger partial charge on any atom is 0.263 e. The fourth-order valence-electron chi connectivity index (χ4n) is 3.68. The summed E-state index contributed by atoms with van der Waals surface area (Å²) in [6, 6.07) is 8.34. The number of fused-ring (bicyclic) bond motifs is 2. The summed E-state index contributed by atoms with van der Waals surface area (Å²) in [5.41, 5.74) is 0.353. The van der Waals surface area contributed by atoms with Gasteiger partial charge in [-0.1, -0.05) is 12.1 Å². The quantitative estimate of drug-likeness (QED) is 0.440. The Labute approximate surface area is 178 Å². The number of benzene rings is 2. The Morgan fingerprint density at radius 3 is 2.75 bits per heavy atom. The zero-order chi connectivity index (χ0) is 22.4. The average molecular weight is 436 g/mol. The molecule has 0 aliphatic carbocycles. The molecule has 5 aromatic rings. The van der Waals surface area contributed by atoms with E-state index in [2.05, 4.69) is 25.3 Å². The van der Waals surface area contributed by atoms with Crippen LogP contribution in [0.1, 0.15) is 18.7 Å². The van der Waals surface area contributed by atoms with E-state index in [0.29, 0.717) is 28.1 Å². The number of H-pyrrole nitrogens is 1. The molecule has 2 aromatic carbocycles. The summed E-state index contributed by atoms with van der Waals surface area (Å²) in [7, 11) is 0. The summed E-state index contributed by atoms with van der Waals surface area (Å²) in [5.74, 6) is -2.51. The smallest absolute Gasteiger partial charge is 0.263 e. The van der Waals surface area contributed by atoms with E-state index in [1.54, 1.807) is 13.0 Å². The monoisotopic (exact) mass is 436 g/mol. The van der Waals surface area contributed by atoms with Gasteiger partial charge >= 0.3 is 0 Å². The third-order valence-corrected chi connectivity index (χ3v) is 5.20. The predicted octanol–water partition coefficient (Wildman–Crippen LogP) is 4.25. The summed E-state index contributed by atoms with van der Waals surface area (Å²) in [5, 5.41) is 3.65. The van der Waals surface area contributed by atoms with E-state index in [-0.39, 0.29) is 11.1 Å². The van der Waals surface area contributed by atoms with Gasteiger partial charge in [0.1, 0.15) is 17.7 Å². The van der Waals surface area contributed by atoms with Crippen LogP contribution in [0.25, 0.3) is 27.6 Å². The fraction of sp³-hybridized carbons (Fsp3) is 0.0909. The van der Waals surface area contributed by atoms with Crippen LogP contribution in [0.2, 0.25) is 0 Å². The number of hydrogen-bond acceptors (Lipinski definition) is 5. The van der Waals surface area contributed by atoms with Gasteiger partial charge in [0, 0.05) is 5.69 Å². The number of halogens is 3. The Bertz CT molecular complexity index is 1540. The highest BCUT2D eigenvalue weighted by molar-refractivity contribution is 5.84. The number of rotatable bonds is 4. The molecule has 0 radical (unpaired) electrons. The van der Waals surface area contributed by atoms with E-state index >= 15 is 0 Å². The summed E-state index contributed by atoms with van der Waals surface area (Å²) in [6.45, 7) is 1.73. The molecule has 0 saturated carbocycles. The molecule has 0 saturated heterocycles. The molecule has 3 aromatic heterocycles. The van der Waals surface area contributed by atoms with Gasteiger partial charge in [-0.15, -0.1) is 0 Å². The lowest BCUT2D eigenvalue weighted by molar-refractivity contribution is 0.502. The maximum atomic E-state index is 14.7. The zero-order valence-corrected chi connectivity index (χ0v) is 16.6. The van der Waals surface area contributed by atoms with Gasteiger partial charge in [0.15, 0.2) is 23.1 Å². The normalized spacial score (nSPS) is 12.4. The molecule has 7 nitrogen and oxygen atoms in total. The molecule has 0 spiro atoms. The molecule has 32 heavy (non-hydrogen) atoms. The first-order valence-electron chi connectivity index (χ1n) is 9.64. The molecule has 0 unspecified atom stereocenters. The maximum absolute atomic E-state index is 14.7. The highest BCUT2D eigenvalue weighted by atomic mass is 19.2. The number of anilines is 1. The Balaban J connectivity index is 1.74. The zero-order valence-electron chi connectivity index (χ0n) is 16.6. The molecular weight excluding hydrogens is 421 g/mol. The molecule has 0 aliphatic heterocycles. The molecule has 2 N–H and O–H groups in total. The molecule has 0 bridgehead atoms. The molecular formula is C22H15F3N6O. The van der Waals surface area contributed by atoms with Gasteiger partial charge in [-0.3, -0.25) is 9.36 Å². The summed E-state index contributed by atoms with van der Waals surface area (Å²) >= 11 is 0. The molecule has 10 heteroatoms. The number of pyridine rings is 1. The standard InChI is InChI=1S/C22H15F3N6O/c1-11(30-21-19-20(27-9-26-19)28-10-29-21)17-7-12-5-6-13(23)8-14(12)22(32)31(17)16-4-2-3-15(24)18(16)25/h2-11H,1H3,(H2,26,27,28,29,30)/t11-/m1/s1. The summed E-state index contributed by atoms with van der Waals surface area (Å²) in [4.78, 5) is 28.7. The molecule has 5 rings (SSSR count). The minimum absolute atomic E-state index is 0.0429. The van der Waals surface area contributed by atoms with Crippen LogP contribution in [0.4, 0.5) is 19.0 Å². The van der Waals surface area contributed by atoms with Gasteiger partial charge < -0.3 is 10.3 Å². The first-order chi connectivity index (χ1) is 15.4. The fourth-order valence-corrected chi connectivity index (χ4v) is 3.68. The lowest BCUT2D eigenvalue weighted by atomic mass is 10.1. The highest BCUT2D eigenvalue weighted by Crippen LogP contribution is 2.27. The van der Waals surface area contributed by atoms with Crippen LogP contribution in [0.5, 0.6) is 0 Å². The van der Waals surface area contributed by atoms with E-state index in [1.165, 1.54) is 36.9 Å². The third-order valence-electron chi connectivity index (χ3n) is 5.20. The van der Waals surface area contributed by atoms with E-state index < -0.39 is 29.1 Å². The van der Waals surface area contributed by atoms with Gasteiger partial charge in [-0.05, 0) is 42.6 Å². The Hall–Kier alpha value is -4.21. The van der Waals surface area contributed by atoms with Gasteiger partial charge in [0.05, 0.1) is 23.4 Å². The average Bonchev–Trinajstić information content (AvgIpc) is 3.26. The Morgan fingerprint density at radius 2 is 1.91 bits per heavy atom. The summed E-state index contributed by atoms with van der Waals surface area (Å²) < 4.78 is 43.6. The van der Waals surface area contributed by atoms with Crippen LogP contribution in [0.3, 0.4) is 0 Å². The van der Waals surface area contributed by atoms with Gasteiger partial charge in [-0.25, -0.2) is 28.1 Å². The van der Waals surface area contributed by atoms with Crippen molar-refractivity contribution >= 4 is 27.8 Å². The predicted molar refractivity (Wildman–Crippen MR) is 113 cm³/mol. The SMILES string of the molecule is C[C@@H](Nc1ncnc2[nH]cnc12)c1cc2ccc(F)cc2c(=O)n1-c1cccc(F)c1F. The van der Waals surface area contributed by atoms with Crippen molar-refractivity contribution in [2.45, 2.75) is 13.0 Å². The van der Waals surface area contributed by atoms with Crippen LogP contribution >= 0.6 is 0 Å². The topological polar surface area (TPSA) is 88.5 Å². The summed E-state index contributed by atoms with van der Waals surface area (Å²) in [6.07, 6.45) is 2.82. The second-order valence-electron chi connectivity index (χ2n) is 7.20. The van der Waals surface area contributed by atoms with Crippen molar-refractivity contribution in [2.75, 3.05) is 5.32 Å². The molecule has 0 fully saturated rings. The van der Waals surface area contributed by atoms with Crippen LogP contribution in [0, 0.1) is 17.5 Å². The van der Waals surface area contributed by atoms with Crippen molar-refractivity contribution in [1.29, 1.82) is 0 Å². The molecule has 160 valence electrons. The van der Waals surface area contributed by atoms with Crippen molar-refractivity contribution in [2.24, 2.45) is 0 Å². The number of nitrogens with zero attached hydrogens (tertiary/aromatic N) is 4. The van der Waals surface area contributed by atoms with Crippen LogP contribution in [0.15, 0.2) is 59.9 Å². The van der Waals surface area contributed by atoms with Crippen LogP contribution < -0.4 is 10.9 Å². The van der Waals surface area contributed by atoms with E-state index in [9.17, 15) is 18.0 Å². The minimum atomic E-state index is -1.18. The second kappa shape index (κ2) is 7.49. The van der Waals surface area contributed by atoms with Crippen molar-refractivity contribution in [3.8, 4) is 5.69 Å². The minimum Gasteiger partial charge on any atom is -0.360 e. The Kier molecular flexibility index (Phi) is 4.62. The van der Waals surface area contributed by atoms with Crippen molar-refractivity contribution in [1.82, 2.24) is 24.5 Å². The number of aromatic amines is 1. The van der Waals surface area contributed by atoms with E-state index in [4.69, 9.17) is 0 Å². The third kappa shape index (κ3) is 3.16. The number of hydrogen-bond donors (Lipinski definition) is 2. The van der Waals surface area contributed by atoms with Crippen molar-refractivity contribution in [3.05, 3.63) is 88.6 Å². The molecule has 0 amide bonds. The van der Waals surface area contributed by atoms with Crippen molar-refractivity contribution < 1.29 is 13.2 Å². The van der Waals surface area contributed by atoms with E-state index in [0.717, 1.165) is 16.7 Å². The number of nitrogens with one attached hydrogen (secondary N) is 2. The lowest BCUT2D eigenvalue weighted by Gasteiger charge is -2.21. The van der Waals surface area contributed by atoms with E-state index in [1.807, 2.05) is 0 Å². The largest absolute Gasteiger partial charge is 0.360 e. The van der Waals surface area contributed by atoms with Crippen LogP contribution in [-0.4, -0.2) is 24.5 Å². The number of aromatic nitrogens is 5. The second-order valence-corrected chi connectivity index (χ2v) is 7.20. The molecule has 1 atom stereocenters. The Morgan fingerprint density at radius 1 is 1.06 bits per heavy atom. The molecule has 3 heterocycles. The van der Waals surface area contributed by atoms with Gasteiger partial charge in [0.2, 0.25) is 0 Å². The van der Waals surface area contributed by atoms with Gasteiger partial charge in [0.25, 0.3) is 5.56 Å². The molecule has 0 aliphatic rings. The van der Waals surface area contributed by atoms with Crippen LogP contribution in [-0.2, 0) is 0 Å². The number of imidazole rings is 1. The highest BCUT2D eigenvalue weighted by Gasteiger charge is 2.21. The van der Waals surface area contributed by atoms with Gasteiger partial charge in [-0.2, -0.15) is 0 Å². The first kappa shape index (κ1) is 19.7. The lowest BCUT2D eigenvalue weighted by Crippen LogP contribution is -2.26. The first-order valence-corrected chi connectivity index (χ1v) is 9.64.